The highest BCUT2D eigenvalue weighted by molar-refractivity contribution is 4.86. The van der Waals surface area contributed by atoms with E-state index >= 15 is 0 Å². The van der Waals surface area contributed by atoms with Crippen LogP contribution in [0.25, 0.3) is 0 Å². The maximum absolute atomic E-state index is 8.31. The van der Waals surface area contributed by atoms with Crippen molar-refractivity contribution < 1.29 is 5.11 Å². The summed E-state index contributed by atoms with van der Waals surface area (Å²) in [5, 5.41) is 8.31. The van der Waals surface area contributed by atoms with Gasteiger partial charge in [-0.25, -0.2) is 0 Å². The molecule has 0 aliphatic carbocycles. The van der Waals surface area contributed by atoms with Crippen molar-refractivity contribution in [2.24, 2.45) is 5.92 Å². The van der Waals surface area contributed by atoms with Gasteiger partial charge in [0.1, 0.15) is 0 Å². The second kappa shape index (κ2) is 4.85. The predicted octanol–water partition coefficient (Wildman–Crippen LogP) is 1.40. The molecule has 1 radical (unpaired) electrons. The Labute approximate surface area is 51.0 Å². The lowest BCUT2D eigenvalue weighted by Gasteiger charge is -1.90. The summed E-state index contributed by atoms with van der Waals surface area (Å²) in [5.74, 6) is 0.363. The van der Waals surface area contributed by atoms with Gasteiger partial charge in [0.15, 0.2) is 0 Å². The number of hydrogen-bond donors (Lipinski definition) is 1. The molecule has 8 heavy (non-hydrogen) atoms. The highest BCUT2D eigenvalue weighted by Crippen LogP contribution is 1.93. The Kier molecular flexibility index (Phi) is 4.67. The molecule has 0 aromatic rings. The van der Waals surface area contributed by atoms with Crippen molar-refractivity contribution in [2.45, 2.75) is 13.3 Å². The van der Waals surface area contributed by atoms with Crippen molar-refractivity contribution in [3.8, 4) is 0 Å². The second-order valence-corrected chi connectivity index (χ2v) is 1.92. The number of aliphatic hydroxyl groups excluding tert-OH is 1. The first-order chi connectivity index (χ1) is 3.77. The molecule has 0 bridgehead atoms. The van der Waals surface area contributed by atoms with Gasteiger partial charge < -0.3 is 5.11 Å². The molecule has 1 nitrogen and oxygen atoms in total. The van der Waals surface area contributed by atoms with Crippen LogP contribution >= 0.6 is 0 Å². The van der Waals surface area contributed by atoms with Crippen LogP contribution in [0.5, 0.6) is 0 Å². The average Bonchev–Trinajstić information content (AvgIpc) is 1.66. The summed E-state index contributed by atoms with van der Waals surface area (Å²) in [6.45, 7) is 5.99. The fourth-order valence-corrected chi connectivity index (χ4v) is 0.403. The molecule has 1 N–H and O–H groups in total. The van der Waals surface area contributed by atoms with Crippen molar-refractivity contribution in [2.75, 3.05) is 6.61 Å². The minimum Gasteiger partial charge on any atom is -0.396 e. The molecule has 1 heteroatoms. The molecule has 0 spiro atoms. The molecule has 0 aromatic carbocycles. The van der Waals surface area contributed by atoms with Gasteiger partial charge in [0, 0.05) is 6.61 Å². The first-order valence-electron chi connectivity index (χ1n) is 2.88. The summed E-state index contributed by atoms with van der Waals surface area (Å²) in [6.07, 6.45) is 4.67. The third-order valence-electron chi connectivity index (χ3n) is 0.760. The topological polar surface area (TPSA) is 20.2 Å². The Morgan fingerprint density at radius 2 is 2.38 bits per heavy atom. The van der Waals surface area contributed by atoms with Crippen LogP contribution in [0.3, 0.4) is 0 Å². The summed E-state index contributed by atoms with van der Waals surface area (Å²) in [7, 11) is 0. The van der Waals surface area contributed by atoms with E-state index in [1.165, 1.54) is 0 Å². The van der Waals surface area contributed by atoms with Gasteiger partial charge in [-0.1, -0.05) is 19.1 Å². The molecule has 0 rings (SSSR count). The van der Waals surface area contributed by atoms with Gasteiger partial charge in [-0.15, -0.1) is 0 Å². The van der Waals surface area contributed by atoms with E-state index in [1.807, 2.05) is 19.1 Å². The van der Waals surface area contributed by atoms with E-state index in [-0.39, 0.29) is 6.61 Å². The van der Waals surface area contributed by atoms with Crippen molar-refractivity contribution in [1.82, 2.24) is 0 Å². The number of allylic oxidation sites excluding steroid dienone is 1. The summed E-state index contributed by atoms with van der Waals surface area (Å²) in [4.78, 5) is 0. The third-order valence-corrected chi connectivity index (χ3v) is 0.760. The zero-order valence-corrected chi connectivity index (χ0v) is 5.30. The zero-order chi connectivity index (χ0) is 6.41. The van der Waals surface area contributed by atoms with Crippen LogP contribution in [0.1, 0.15) is 13.3 Å². The Morgan fingerprint density at radius 3 is 2.75 bits per heavy atom. The molecule has 0 aliphatic heterocycles. The normalized spacial score (nSPS) is 11.5. The molecule has 0 heterocycles. The number of hydrogen-bond acceptors (Lipinski definition) is 1. The standard InChI is InChI=1S/C7H13O/c1-7(2)5-3-4-6-8/h3,5,7-8H,1,4,6H2,2H3. The highest BCUT2D eigenvalue weighted by atomic mass is 16.2. The summed E-state index contributed by atoms with van der Waals surface area (Å²) < 4.78 is 0. The van der Waals surface area contributed by atoms with Crippen LogP contribution in [-0.2, 0) is 0 Å². The maximum atomic E-state index is 8.31. The molecule has 0 fully saturated rings. The first kappa shape index (κ1) is 7.70. The van der Waals surface area contributed by atoms with Crippen molar-refractivity contribution in [1.29, 1.82) is 0 Å². The Hall–Kier alpha value is -0.300. The van der Waals surface area contributed by atoms with Crippen molar-refractivity contribution in [3.63, 3.8) is 0 Å². The lowest BCUT2D eigenvalue weighted by atomic mass is 10.2. The fourth-order valence-electron chi connectivity index (χ4n) is 0.403. The third kappa shape index (κ3) is 5.70. The van der Waals surface area contributed by atoms with E-state index in [0.717, 1.165) is 6.42 Å². The molecule has 0 saturated carbocycles. The molecule has 1 atom stereocenters. The van der Waals surface area contributed by atoms with Crippen LogP contribution in [0, 0.1) is 12.8 Å². The minimum absolute atomic E-state index is 0.239. The molecule has 0 amide bonds. The SMILES string of the molecule is [CH2]C(C)C=CCCO. The van der Waals surface area contributed by atoms with Gasteiger partial charge in [-0.3, -0.25) is 0 Å². The zero-order valence-electron chi connectivity index (χ0n) is 5.30. The number of rotatable bonds is 3. The van der Waals surface area contributed by atoms with Gasteiger partial charge >= 0.3 is 0 Å². The Bertz CT molecular complexity index is 64.8. The molecular weight excluding hydrogens is 100 g/mol. The van der Waals surface area contributed by atoms with Crippen LogP contribution < -0.4 is 0 Å². The van der Waals surface area contributed by atoms with Gasteiger partial charge in [0.2, 0.25) is 0 Å². The van der Waals surface area contributed by atoms with Crippen LogP contribution in [0.15, 0.2) is 12.2 Å². The number of aliphatic hydroxyl groups is 1. The first-order valence-corrected chi connectivity index (χ1v) is 2.88. The average molecular weight is 113 g/mol. The minimum atomic E-state index is 0.239. The largest absolute Gasteiger partial charge is 0.396 e. The molecule has 0 saturated heterocycles. The van der Waals surface area contributed by atoms with Crippen molar-refractivity contribution in [3.05, 3.63) is 19.1 Å². The van der Waals surface area contributed by atoms with Crippen LogP contribution in [0.2, 0.25) is 0 Å². The van der Waals surface area contributed by atoms with Gasteiger partial charge in [0.05, 0.1) is 0 Å². The quantitative estimate of drug-likeness (QED) is 0.548. The van der Waals surface area contributed by atoms with E-state index in [1.54, 1.807) is 0 Å². The Balaban J connectivity index is 3.07. The van der Waals surface area contributed by atoms with E-state index in [9.17, 15) is 0 Å². The van der Waals surface area contributed by atoms with Gasteiger partial charge in [0.25, 0.3) is 0 Å². The Morgan fingerprint density at radius 1 is 1.75 bits per heavy atom. The van der Waals surface area contributed by atoms with E-state index in [4.69, 9.17) is 5.11 Å². The van der Waals surface area contributed by atoms with E-state index in [2.05, 4.69) is 6.92 Å². The van der Waals surface area contributed by atoms with Crippen LogP contribution in [0.4, 0.5) is 0 Å². The van der Waals surface area contributed by atoms with E-state index < -0.39 is 0 Å². The lowest BCUT2D eigenvalue weighted by Crippen LogP contribution is -1.80. The predicted molar refractivity (Wildman–Crippen MR) is 35.4 cm³/mol. The van der Waals surface area contributed by atoms with Gasteiger partial charge in [-0.2, -0.15) is 0 Å². The molecule has 1 unspecified atom stereocenters. The fraction of sp³-hybridized carbons (Fsp3) is 0.571. The summed E-state index contributed by atoms with van der Waals surface area (Å²) in [5.41, 5.74) is 0. The second-order valence-electron chi connectivity index (χ2n) is 1.92. The van der Waals surface area contributed by atoms with Crippen LogP contribution in [-0.4, -0.2) is 11.7 Å². The molecular formula is C7H13O. The highest BCUT2D eigenvalue weighted by Gasteiger charge is 1.80. The van der Waals surface area contributed by atoms with Gasteiger partial charge in [-0.05, 0) is 19.3 Å². The molecule has 47 valence electrons. The summed E-state index contributed by atoms with van der Waals surface area (Å²) >= 11 is 0. The van der Waals surface area contributed by atoms with E-state index in [0.29, 0.717) is 5.92 Å². The smallest absolute Gasteiger partial charge is 0.0465 e. The molecule has 0 aromatic heterocycles. The molecule has 0 aliphatic rings. The maximum Gasteiger partial charge on any atom is 0.0465 e. The monoisotopic (exact) mass is 113 g/mol. The lowest BCUT2D eigenvalue weighted by molar-refractivity contribution is 0.302. The van der Waals surface area contributed by atoms with Crippen molar-refractivity contribution >= 4 is 0 Å². The summed E-state index contributed by atoms with van der Waals surface area (Å²) in [6, 6.07) is 0.